The van der Waals surface area contributed by atoms with Crippen molar-refractivity contribution in [2.24, 2.45) is 0 Å². The molecule has 110 valence electrons. The highest BCUT2D eigenvalue weighted by molar-refractivity contribution is 7.97. The van der Waals surface area contributed by atoms with Crippen molar-refractivity contribution in [1.29, 1.82) is 0 Å². The molecule has 1 aromatic rings. The SMILES string of the molecule is CSCc1ccc(C(=O)N2CCCC2CC(C)O)cc1. The third-order valence-electron chi connectivity index (χ3n) is 3.76. The Labute approximate surface area is 125 Å². The summed E-state index contributed by atoms with van der Waals surface area (Å²) in [6.45, 7) is 2.60. The normalized spacial score (nSPS) is 20.1. The standard InChI is InChI=1S/C16H23NO2S/c1-12(18)10-15-4-3-9-17(15)16(19)14-7-5-13(6-8-14)11-20-2/h5-8,12,15,18H,3-4,9-11H2,1-2H3. The molecule has 1 fully saturated rings. The molecule has 1 amide bonds. The van der Waals surface area contributed by atoms with E-state index in [1.165, 1.54) is 5.56 Å². The Morgan fingerprint density at radius 3 is 2.75 bits per heavy atom. The number of benzene rings is 1. The number of rotatable bonds is 5. The number of amides is 1. The third-order valence-corrected chi connectivity index (χ3v) is 4.39. The second-order valence-corrected chi connectivity index (χ2v) is 6.38. The zero-order chi connectivity index (χ0) is 14.5. The molecule has 20 heavy (non-hydrogen) atoms. The first-order chi connectivity index (χ1) is 9.61. The van der Waals surface area contributed by atoms with Gasteiger partial charge < -0.3 is 10.0 Å². The van der Waals surface area contributed by atoms with Crippen LogP contribution in [0.1, 0.15) is 42.1 Å². The van der Waals surface area contributed by atoms with Crippen molar-refractivity contribution >= 4 is 17.7 Å². The number of aliphatic hydroxyl groups excluding tert-OH is 1. The number of aliphatic hydroxyl groups is 1. The largest absolute Gasteiger partial charge is 0.393 e. The number of carbonyl (C=O) groups is 1. The summed E-state index contributed by atoms with van der Waals surface area (Å²) >= 11 is 1.78. The van der Waals surface area contributed by atoms with Gasteiger partial charge >= 0.3 is 0 Å². The molecule has 1 heterocycles. The van der Waals surface area contributed by atoms with Gasteiger partial charge in [0.25, 0.3) is 5.91 Å². The molecule has 1 aromatic carbocycles. The molecular formula is C16H23NO2S. The van der Waals surface area contributed by atoms with E-state index in [2.05, 4.69) is 6.26 Å². The minimum Gasteiger partial charge on any atom is -0.393 e. The number of thioether (sulfide) groups is 1. The maximum absolute atomic E-state index is 12.5. The lowest BCUT2D eigenvalue weighted by Crippen LogP contribution is -2.37. The molecule has 0 spiro atoms. The zero-order valence-electron chi connectivity index (χ0n) is 12.2. The van der Waals surface area contributed by atoms with Crippen molar-refractivity contribution in [3.05, 3.63) is 35.4 Å². The van der Waals surface area contributed by atoms with Gasteiger partial charge in [-0.05, 0) is 50.1 Å². The Morgan fingerprint density at radius 2 is 2.15 bits per heavy atom. The minimum atomic E-state index is -0.350. The van der Waals surface area contributed by atoms with E-state index in [1.54, 1.807) is 18.7 Å². The number of likely N-dealkylation sites (tertiary alicyclic amines) is 1. The quantitative estimate of drug-likeness (QED) is 0.907. The zero-order valence-corrected chi connectivity index (χ0v) is 13.0. The monoisotopic (exact) mass is 293 g/mol. The number of hydrogen-bond donors (Lipinski definition) is 1. The van der Waals surface area contributed by atoms with Crippen LogP contribution in [0.2, 0.25) is 0 Å². The minimum absolute atomic E-state index is 0.101. The molecule has 0 bridgehead atoms. The van der Waals surface area contributed by atoms with Gasteiger partial charge in [-0.15, -0.1) is 0 Å². The van der Waals surface area contributed by atoms with Gasteiger partial charge in [-0.2, -0.15) is 11.8 Å². The maximum Gasteiger partial charge on any atom is 0.254 e. The van der Waals surface area contributed by atoms with E-state index in [0.29, 0.717) is 6.42 Å². The first-order valence-corrected chi connectivity index (χ1v) is 8.58. The van der Waals surface area contributed by atoms with Crippen LogP contribution in [0.4, 0.5) is 0 Å². The van der Waals surface area contributed by atoms with E-state index in [9.17, 15) is 9.90 Å². The highest BCUT2D eigenvalue weighted by Gasteiger charge is 2.29. The van der Waals surface area contributed by atoms with Gasteiger partial charge in [0.1, 0.15) is 0 Å². The van der Waals surface area contributed by atoms with E-state index in [1.807, 2.05) is 29.2 Å². The van der Waals surface area contributed by atoms with Crippen LogP contribution < -0.4 is 0 Å². The van der Waals surface area contributed by atoms with Gasteiger partial charge in [-0.1, -0.05) is 12.1 Å². The third kappa shape index (κ3) is 3.76. The molecule has 1 aliphatic heterocycles. The molecule has 3 nitrogen and oxygen atoms in total. The van der Waals surface area contributed by atoms with E-state index in [4.69, 9.17) is 0 Å². The predicted octanol–water partition coefficient (Wildman–Crippen LogP) is 2.93. The molecule has 4 heteroatoms. The number of nitrogens with zero attached hydrogens (tertiary/aromatic N) is 1. The average molecular weight is 293 g/mol. The second-order valence-electron chi connectivity index (χ2n) is 5.51. The summed E-state index contributed by atoms with van der Waals surface area (Å²) in [6, 6.07) is 8.10. The topological polar surface area (TPSA) is 40.5 Å². The van der Waals surface area contributed by atoms with Crippen molar-refractivity contribution < 1.29 is 9.90 Å². The summed E-state index contributed by atoms with van der Waals surface area (Å²) < 4.78 is 0. The Balaban J connectivity index is 2.05. The predicted molar refractivity (Wildman–Crippen MR) is 84.0 cm³/mol. The average Bonchev–Trinajstić information content (AvgIpc) is 2.86. The molecule has 1 N–H and O–H groups in total. The molecule has 1 aliphatic rings. The molecule has 0 radical (unpaired) electrons. The summed E-state index contributed by atoms with van der Waals surface area (Å²) in [5, 5.41) is 9.54. The van der Waals surface area contributed by atoms with Crippen LogP contribution in [0.3, 0.4) is 0 Å². The first-order valence-electron chi connectivity index (χ1n) is 7.18. The van der Waals surface area contributed by atoms with Crippen LogP contribution in [0, 0.1) is 0 Å². The van der Waals surface area contributed by atoms with Crippen molar-refractivity contribution in [3.63, 3.8) is 0 Å². The van der Waals surface area contributed by atoms with E-state index >= 15 is 0 Å². The first kappa shape index (κ1) is 15.4. The van der Waals surface area contributed by atoms with Gasteiger partial charge in [0, 0.05) is 23.9 Å². The Morgan fingerprint density at radius 1 is 1.45 bits per heavy atom. The van der Waals surface area contributed by atoms with E-state index in [-0.39, 0.29) is 18.1 Å². The molecule has 0 aromatic heterocycles. The fraction of sp³-hybridized carbons (Fsp3) is 0.562. The Hall–Kier alpha value is -1.00. The lowest BCUT2D eigenvalue weighted by atomic mass is 10.1. The fourth-order valence-electron chi connectivity index (χ4n) is 2.82. The molecule has 1 saturated heterocycles. The van der Waals surface area contributed by atoms with Crippen molar-refractivity contribution in [2.75, 3.05) is 12.8 Å². The molecule has 0 aliphatic carbocycles. The van der Waals surface area contributed by atoms with Crippen molar-refractivity contribution in [1.82, 2.24) is 4.90 Å². The van der Waals surface area contributed by atoms with Gasteiger partial charge in [0.15, 0.2) is 0 Å². The number of carbonyl (C=O) groups excluding carboxylic acids is 1. The lowest BCUT2D eigenvalue weighted by Gasteiger charge is -2.25. The van der Waals surface area contributed by atoms with Crippen LogP contribution in [0.15, 0.2) is 24.3 Å². The van der Waals surface area contributed by atoms with Crippen LogP contribution in [-0.4, -0.2) is 40.9 Å². The number of hydrogen-bond acceptors (Lipinski definition) is 3. The molecular weight excluding hydrogens is 270 g/mol. The maximum atomic E-state index is 12.5. The Bertz CT molecular complexity index is 444. The van der Waals surface area contributed by atoms with Gasteiger partial charge in [-0.3, -0.25) is 4.79 Å². The van der Waals surface area contributed by atoms with Crippen LogP contribution in [0.5, 0.6) is 0 Å². The molecule has 2 unspecified atom stereocenters. The Kier molecular flexibility index (Phi) is 5.49. The van der Waals surface area contributed by atoms with Gasteiger partial charge in [0.2, 0.25) is 0 Å². The van der Waals surface area contributed by atoms with E-state index in [0.717, 1.165) is 30.7 Å². The van der Waals surface area contributed by atoms with Crippen molar-refractivity contribution in [3.8, 4) is 0 Å². The molecule has 2 atom stereocenters. The van der Waals surface area contributed by atoms with Gasteiger partial charge in [-0.25, -0.2) is 0 Å². The van der Waals surface area contributed by atoms with Gasteiger partial charge in [0.05, 0.1) is 6.10 Å². The summed E-state index contributed by atoms with van der Waals surface area (Å²) in [5.74, 6) is 1.08. The van der Waals surface area contributed by atoms with Crippen LogP contribution in [0.25, 0.3) is 0 Å². The highest BCUT2D eigenvalue weighted by Crippen LogP contribution is 2.24. The van der Waals surface area contributed by atoms with Crippen LogP contribution >= 0.6 is 11.8 Å². The summed E-state index contributed by atoms with van der Waals surface area (Å²) in [5.41, 5.74) is 2.00. The summed E-state index contributed by atoms with van der Waals surface area (Å²) in [4.78, 5) is 14.5. The highest BCUT2D eigenvalue weighted by atomic mass is 32.2. The van der Waals surface area contributed by atoms with Crippen molar-refractivity contribution in [2.45, 2.75) is 44.1 Å². The second kappa shape index (κ2) is 7.14. The molecule has 0 saturated carbocycles. The summed E-state index contributed by atoms with van der Waals surface area (Å²) in [7, 11) is 0. The fourth-order valence-corrected chi connectivity index (χ4v) is 3.34. The smallest absolute Gasteiger partial charge is 0.254 e. The van der Waals surface area contributed by atoms with E-state index < -0.39 is 0 Å². The van der Waals surface area contributed by atoms with Crippen LogP contribution in [-0.2, 0) is 5.75 Å². The lowest BCUT2D eigenvalue weighted by molar-refractivity contribution is 0.0682. The molecule has 2 rings (SSSR count). The summed E-state index contributed by atoms with van der Waals surface area (Å²) in [6.07, 6.45) is 4.44.